The molecule has 24 heavy (non-hydrogen) atoms. The van der Waals surface area contributed by atoms with Crippen LogP contribution in [0.2, 0.25) is 0 Å². The molecular weight excluding hydrogens is 300 g/mol. The van der Waals surface area contributed by atoms with Gasteiger partial charge in [-0.05, 0) is 56.0 Å². The predicted molar refractivity (Wildman–Crippen MR) is 94.0 cm³/mol. The molecule has 1 saturated heterocycles. The zero-order valence-corrected chi connectivity index (χ0v) is 14.3. The van der Waals surface area contributed by atoms with Crippen molar-refractivity contribution < 1.29 is 9.90 Å². The molecule has 2 unspecified atom stereocenters. The van der Waals surface area contributed by atoms with Crippen LogP contribution in [0.5, 0.6) is 0 Å². The molecule has 1 aromatic heterocycles. The molecule has 0 bridgehead atoms. The van der Waals surface area contributed by atoms with Crippen LogP contribution < -0.4 is 0 Å². The number of aryl methyl sites for hydroxylation is 2. The highest BCUT2D eigenvalue weighted by Crippen LogP contribution is 2.35. The summed E-state index contributed by atoms with van der Waals surface area (Å²) in [6.45, 7) is 4.97. The molecule has 4 heteroatoms. The number of aliphatic carboxylic acids is 1. The molecule has 0 amide bonds. The number of hydrogen-bond donors (Lipinski definition) is 1. The number of carboxylic acids is 1. The highest BCUT2D eigenvalue weighted by molar-refractivity contribution is 5.73. The highest BCUT2D eigenvalue weighted by atomic mass is 16.4. The number of carboxylic acid groups (broad SMARTS) is 1. The molecule has 1 aliphatic heterocycles. The Hall–Kier alpha value is -2.20. The van der Waals surface area contributed by atoms with Crippen molar-refractivity contribution in [3.05, 3.63) is 65.0 Å². The first kappa shape index (κ1) is 16.7. The SMILES string of the molecule is Cc1ccc(C)c(C(c2cccnc2)N2CCCCC2C(=O)O)c1. The van der Waals surface area contributed by atoms with Gasteiger partial charge in [-0.15, -0.1) is 0 Å². The number of nitrogens with zero attached hydrogens (tertiary/aromatic N) is 2. The van der Waals surface area contributed by atoms with Gasteiger partial charge in [-0.25, -0.2) is 0 Å². The average Bonchev–Trinajstić information content (AvgIpc) is 2.59. The molecule has 0 radical (unpaired) electrons. The van der Waals surface area contributed by atoms with E-state index in [2.05, 4.69) is 41.9 Å². The maximum absolute atomic E-state index is 11.8. The second-order valence-electron chi connectivity index (χ2n) is 6.64. The summed E-state index contributed by atoms with van der Waals surface area (Å²) in [5, 5.41) is 9.72. The summed E-state index contributed by atoms with van der Waals surface area (Å²) in [5.74, 6) is -0.728. The van der Waals surface area contributed by atoms with Gasteiger partial charge in [-0.2, -0.15) is 0 Å². The van der Waals surface area contributed by atoms with E-state index in [0.717, 1.165) is 24.9 Å². The van der Waals surface area contributed by atoms with E-state index in [1.54, 1.807) is 6.20 Å². The fourth-order valence-electron chi connectivity index (χ4n) is 3.67. The van der Waals surface area contributed by atoms with E-state index >= 15 is 0 Å². The second kappa shape index (κ2) is 7.14. The summed E-state index contributed by atoms with van der Waals surface area (Å²) in [6, 6.07) is 9.86. The Balaban J connectivity index is 2.11. The summed E-state index contributed by atoms with van der Waals surface area (Å²) in [5.41, 5.74) is 4.60. The van der Waals surface area contributed by atoms with Gasteiger partial charge in [0.15, 0.2) is 0 Å². The highest BCUT2D eigenvalue weighted by Gasteiger charge is 2.35. The molecule has 1 fully saturated rings. The first-order chi connectivity index (χ1) is 11.6. The van der Waals surface area contributed by atoms with E-state index in [0.29, 0.717) is 6.42 Å². The maximum atomic E-state index is 11.8. The molecule has 2 atom stereocenters. The van der Waals surface area contributed by atoms with Gasteiger partial charge < -0.3 is 5.11 Å². The third kappa shape index (κ3) is 3.34. The lowest BCUT2D eigenvalue weighted by molar-refractivity contribution is -0.145. The third-order valence-corrected chi connectivity index (χ3v) is 4.89. The first-order valence-corrected chi connectivity index (χ1v) is 8.53. The molecule has 126 valence electrons. The number of carbonyl (C=O) groups is 1. The van der Waals surface area contributed by atoms with Crippen molar-refractivity contribution in [1.29, 1.82) is 0 Å². The normalized spacial score (nSPS) is 19.8. The molecule has 0 aliphatic carbocycles. The smallest absolute Gasteiger partial charge is 0.320 e. The Morgan fingerprint density at radius 2 is 2.12 bits per heavy atom. The number of pyridine rings is 1. The summed E-state index contributed by atoms with van der Waals surface area (Å²) in [6.07, 6.45) is 6.33. The van der Waals surface area contributed by atoms with Gasteiger partial charge in [-0.1, -0.05) is 36.2 Å². The van der Waals surface area contributed by atoms with Crippen LogP contribution in [0, 0.1) is 13.8 Å². The number of rotatable bonds is 4. The molecule has 2 heterocycles. The molecule has 3 rings (SSSR count). The molecule has 0 saturated carbocycles. The van der Waals surface area contributed by atoms with Crippen LogP contribution >= 0.6 is 0 Å². The first-order valence-electron chi connectivity index (χ1n) is 8.53. The predicted octanol–water partition coefficient (Wildman–Crippen LogP) is 3.73. The monoisotopic (exact) mass is 324 g/mol. The Kier molecular flexibility index (Phi) is 4.95. The maximum Gasteiger partial charge on any atom is 0.320 e. The van der Waals surface area contributed by atoms with Crippen LogP contribution in [0.4, 0.5) is 0 Å². The van der Waals surface area contributed by atoms with Crippen LogP contribution in [0.15, 0.2) is 42.7 Å². The molecule has 4 nitrogen and oxygen atoms in total. The van der Waals surface area contributed by atoms with E-state index in [4.69, 9.17) is 0 Å². The van der Waals surface area contributed by atoms with Crippen molar-refractivity contribution in [1.82, 2.24) is 9.88 Å². The Bertz CT molecular complexity index is 715. The van der Waals surface area contributed by atoms with Crippen molar-refractivity contribution >= 4 is 5.97 Å². The Labute approximate surface area is 143 Å². The lowest BCUT2D eigenvalue weighted by atomic mass is 9.89. The fraction of sp³-hybridized carbons (Fsp3) is 0.400. The fourth-order valence-corrected chi connectivity index (χ4v) is 3.67. The molecule has 1 aliphatic rings. The molecular formula is C20H24N2O2. The van der Waals surface area contributed by atoms with Crippen LogP contribution in [-0.4, -0.2) is 33.5 Å². The van der Waals surface area contributed by atoms with Crippen LogP contribution in [0.1, 0.15) is 47.6 Å². The van der Waals surface area contributed by atoms with Crippen molar-refractivity contribution in [2.24, 2.45) is 0 Å². The summed E-state index contributed by atoms with van der Waals surface area (Å²) >= 11 is 0. The summed E-state index contributed by atoms with van der Waals surface area (Å²) in [4.78, 5) is 18.2. The minimum Gasteiger partial charge on any atom is -0.480 e. The van der Waals surface area contributed by atoms with Crippen LogP contribution in [0.3, 0.4) is 0 Å². The van der Waals surface area contributed by atoms with Crippen LogP contribution in [0.25, 0.3) is 0 Å². The molecule has 1 aromatic carbocycles. The number of benzene rings is 1. The van der Waals surface area contributed by atoms with E-state index < -0.39 is 12.0 Å². The Morgan fingerprint density at radius 1 is 1.29 bits per heavy atom. The molecule has 2 aromatic rings. The standard InChI is InChI=1S/C20H24N2O2/c1-14-8-9-15(2)17(12-14)19(16-6-5-10-21-13-16)22-11-4-3-7-18(22)20(23)24/h5-6,8-10,12-13,18-19H,3-4,7,11H2,1-2H3,(H,23,24). The topological polar surface area (TPSA) is 53.4 Å². The van der Waals surface area contributed by atoms with Crippen molar-refractivity contribution in [3.63, 3.8) is 0 Å². The van der Waals surface area contributed by atoms with Crippen molar-refractivity contribution in [2.75, 3.05) is 6.54 Å². The van der Waals surface area contributed by atoms with Crippen molar-refractivity contribution in [2.45, 2.75) is 45.2 Å². The molecule has 0 spiro atoms. The average molecular weight is 324 g/mol. The number of hydrogen-bond acceptors (Lipinski definition) is 3. The minimum absolute atomic E-state index is 0.0694. The van der Waals surface area contributed by atoms with Gasteiger partial charge in [0, 0.05) is 12.4 Å². The third-order valence-electron chi connectivity index (χ3n) is 4.89. The quantitative estimate of drug-likeness (QED) is 0.931. The van der Waals surface area contributed by atoms with E-state index in [1.165, 1.54) is 16.7 Å². The summed E-state index contributed by atoms with van der Waals surface area (Å²) < 4.78 is 0. The lowest BCUT2D eigenvalue weighted by Gasteiger charge is -2.40. The van der Waals surface area contributed by atoms with Gasteiger partial charge in [-0.3, -0.25) is 14.7 Å². The van der Waals surface area contributed by atoms with E-state index in [1.807, 2.05) is 18.3 Å². The largest absolute Gasteiger partial charge is 0.480 e. The Morgan fingerprint density at radius 3 is 2.83 bits per heavy atom. The van der Waals surface area contributed by atoms with Gasteiger partial charge >= 0.3 is 5.97 Å². The minimum atomic E-state index is -0.728. The van der Waals surface area contributed by atoms with Crippen molar-refractivity contribution in [3.8, 4) is 0 Å². The summed E-state index contributed by atoms with van der Waals surface area (Å²) in [7, 11) is 0. The zero-order chi connectivity index (χ0) is 17.1. The van der Waals surface area contributed by atoms with Crippen LogP contribution in [-0.2, 0) is 4.79 Å². The van der Waals surface area contributed by atoms with Gasteiger partial charge in [0.2, 0.25) is 0 Å². The van der Waals surface area contributed by atoms with E-state index in [9.17, 15) is 9.90 Å². The number of aromatic nitrogens is 1. The zero-order valence-electron chi connectivity index (χ0n) is 14.3. The van der Waals surface area contributed by atoms with Gasteiger partial charge in [0.05, 0.1) is 6.04 Å². The molecule has 1 N–H and O–H groups in total. The van der Waals surface area contributed by atoms with Gasteiger partial charge in [0.1, 0.15) is 6.04 Å². The van der Waals surface area contributed by atoms with Gasteiger partial charge in [0.25, 0.3) is 0 Å². The number of piperidine rings is 1. The lowest BCUT2D eigenvalue weighted by Crippen LogP contribution is -2.47. The second-order valence-corrected chi connectivity index (χ2v) is 6.64. The number of likely N-dealkylation sites (tertiary alicyclic amines) is 1. The van der Waals surface area contributed by atoms with E-state index in [-0.39, 0.29) is 6.04 Å².